The van der Waals surface area contributed by atoms with Crippen LogP contribution in [0.25, 0.3) is 0 Å². The molecule has 1 unspecified atom stereocenters. The third kappa shape index (κ3) is 3.67. The fraction of sp³-hybridized carbons (Fsp3) is 0.333. The number of benzene rings is 1. The average Bonchev–Trinajstić information content (AvgIpc) is 2.40. The molecule has 1 aromatic heterocycles. The minimum absolute atomic E-state index is 0.290. The van der Waals surface area contributed by atoms with Crippen LogP contribution in [0.15, 0.2) is 36.7 Å². The fourth-order valence-electron chi connectivity index (χ4n) is 2.08. The van der Waals surface area contributed by atoms with Crippen LogP contribution in [0.1, 0.15) is 25.0 Å². The van der Waals surface area contributed by atoms with Gasteiger partial charge in [-0.25, -0.2) is 9.97 Å². The number of aromatic nitrogens is 2. The van der Waals surface area contributed by atoms with Crippen molar-refractivity contribution in [2.24, 2.45) is 0 Å². The Bertz CT molecular complexity index is 528. The molecule has 0 amide bonds. The Morgan fingerprint density at radius 3 is 2.63 bits per heavy atom. The number of nitrogens with zero attached hydrogens (tertiary/aromatic N) is 2. The Hall–Kier alpha value is -1.61. The third-order valence-corrected chi connectivity index (χ3v) is 3.34. The van der Waals surface area contributed by atoms with E-state index >= 15 is 0 Å². The zero-order valence-corrected chi connectivity index (χ0v) is 12.0. The SMILES string of the molecule is CCc1c(Cl)ncnc1NC(C)Cc1ccccc1. The van der Waals surface area contributed by atoms with Crippen LogP contribution in [-0.4, -0.2) is 16.0 Å². The molecule has 1 aromatic carbocycles. The van der Waals surface area contributed by atoms with Crippen molar-refractivity contribution in [2.75, 3.05) is 5.32 Å². The minimum Gasteiger partial charge on any atom is -0.367 e. The summed E-state index contributed by atoms with van der Waals surface area (Å²) in [5.74, 6) is 0.839. The van der Waals surface area contributed by atoms with Gasteiger partial charge in [-0.3, -0.25) is 0 Å². The highest BCUT2D eigenvalue weighted by Gasteiger charge is 2.10. The monoisotopic (exact) mass is 275 g/mol. The highest BCUT2D eigenvalue weighted by Crippen LogP contribution is 2.21. The normalized spacial score (nSPS) is 12.2. The lowest BCUT2D eigenvalue weighted by atomic mass is 10.1. The molecule has 0 spiro atoms. The lowest BCUT2D eigenvalue weighted by Gasteiger charge is -2.17. The number of hydrogen-bond acceptors (Lipinski definition) is 3. The summed E-state index contributed by atoms with van der Waals surface area (Å²) in [6.45, 7) is 4.19. The summed E-state index contributed by atoms with van der Waals surface area (Å²) in [6, 6.07) is 10.7. The zero-order valence-electron chi connectivity index (χ0n) is 11.2. The van der Waals surface area contributed by atoms with Gasteiger partial charge < -0.3 is 5.32 Å². The standard InChI is InChI=1S/C15H18ClN3/c1-3-13-14(16)17-10-18-15(13)19-11(2)9-12-7-5-4-6-8-12/h4-8,10-11H,3,9H2,1-2H3,(H,17,18,19). The van der Waals surface area contributed by atoms with E-state index in [1.165, 1.54) is 11.9 Å². The van der Waals surface area contributed by atoms with Crippen molar-refractivity contribution >= 4 is 17.4 Å². The lowest BCUT2D eigenvalue weighted by molar-refractivity contribution is 0.780. The number of anilines is 1. The molecule has 0 aliphatic rings. The summed E-state index contributed by atoms with van der Waals surface area (Å²) in [6.07, 6.45) is 3.27. The summed E-state index contributed by atoms with van der Waals surface area (Å²) in [4.78, 5) is 8.30. The fourth-order valence-corrected chi connectivity index (χ4v) is 2.35. The van der Waals surface area contributed by atoms with E-state index in [-0.39, 0.29) is 0 Å². The second-order valence-corrected chi connectivity index (χ2v) is 4.94. The van der Waals surface area contributed by atoms with E-state index < -0.39 is 0 Å². The highest BCUT2D eigenvalue weighted by atomic mass is 35.5. The molecule has 2 rings (SSSR count). The van der Waals surface area contributed by atoms with Crippen LogP contribution >= 0.6 is 11.6 Å². The molecule has 3 nitrogen and oxygen atoms in total. The largest absolute Gasteiger partial charge is 0.367 e. The summed E-state index contributed by atoms with van der Waals surface area (Å²) in [5.41, 5.74) is 2.28. The van der Waals surface area contributed by atoms with Gasteiger partial charge in [0.05, 0.1) is 0 Å². The number of nitrogens with one attached hydrogen (secondary N) is 1. The van der Waals surface area contributed by atoms with Crippen molar-refractivity contribution < 1.29 is 0 Å². The van der Waals surface area contributed by atoms with Crippen molar-refractivity contribution in [3.63, 3.8) is 0 Å². The summed E-state index contributed by atoms with van der Waals surface area (Å²) in [5, 5.41) is 3.95. The van der Waals surface area contributed by atoms with Gasteiger partial charge in [-0.2, -0.15) is 0 Å². The molecule has 2 aromatic rings. The highest BCUT2D eigenvalue weighted by molar-refractivity contribution is 6.30. The first-order valence-electron chi connectivity index (χ1n) is 6.50. The lowest BCUT2D eigenvalue weighted by Crippen LogP contribution is -2.20. The molecule has 1 atom stereocenters. The maximum absolute atomic E-state index is 6.08. The van der Waals surface area contributed by atoms with Crippen molar-refractivity contribution in [3.05, 3.63) is 52.9 Å². The molecule has 0 bridgehead atoms. The molecule has 0 radical (unpaired) electrons. The third-order valence-electron chi connectivity index (χ3n) is 3.01. The number of halogens is 1. The van der Waals surface area contributed by atoms with E-state index in [1.54, 1.807) is 0 Å². The van der Waals surface area contributed by atoms with Gasteiger partial charge in [-0.1, -0.05) is 48.9 Å². The summed E-state index contributed by atoms with van der Waals surface area (Å²) < 4.78 is 0. The molecular formula is C15H18ClN3. The first-order valence-corrected chi connectivity index (χ1v) is 6.88. The Labute approximate surface area is 119 Å². The van der Waals surface area contributed by atoms with Crippen LogP contribution in [0.3, 0.4) is 0 Å². The maximum Gasteiger partial charge on any atom is 0.137 e. The molecule has 19 heavy (non-hydrogen) atoms. The van der Waals surface area contributed by atoms with Gasteiger partial charge in [0.1, 0.15) is 17.3 Å². The first kappa shape index (κ1) is 13.8. The smallest absolute Gasteiger partial charge is 0.137 e. The molecule has 0 fully saturated rings. The second-order valence-electron chi connectivity index (χ2n) is 4.58. The van der Waals surface area contributed by atoms with Gasteiger partial charge in [-0.05, 0) is 25.3 Å². The molecule has 0 aliphatic carbocycles. The van der Waals surface area contributed by atoms with E-state index in [9.17, 15) is 0 Å². The second kappa shape index (κ2) is 6.53. The van der Waals surface area contributed by atoms with Gasteiger partial charge in [-0.15, -0.1) is 0 Å². The van der Waals surface area contributed by atoms with E-state index in [0.717, 1.165) is 24.2 Å². The van der Waals surface area contributed by atoms with Crippen molar-refractivity contribution in [2.45, 2.75) is 32.7 Å². The van der Waals surface area contributed by atoms with E-state index in [4.69, 9.17) is 11.6 Å². The van der Waals surface area contributed by atoms with Crippen LogP contribution in [-0.2, 0) is 12.8 Å². The van der Waals surface area contributed by atoms with Crippen LogP contribution in [0, 0.1) is 0 Å². The average molecular weight is 276 g/mol. The van der Waals surface area contributed by atoms with Gasteiger partial charge >= 0.3 is 0 Å². The number of rotatable bonds is 5. The topological polar surface area (TPSA) is 37.8 Å². The first-order chi connectivity index (χ1) is 9.20. The van der Waals surface area contributed by atoms with Crippen LogP contribution in [0.5, 0.6) is 0 Å². The quantitative estimate of drug-likeness (QED) is 0.845. The molecule has 100 valence electrons. The summed E-state index contributed by atoms with van der Waals surface area (Å²) >= 11 is 6.08. The van der Waals surface area contributed by atoms with Gasteiger partial charge in [0.2, 0.25) is 0 Å². The molecule has 0 saturated carbocycles. The molecule has 1 N–H and O–H groups in total. The van der Waals surface area contributed by atoms with E-state index in [0.29, 0.717) is 11.2 Å². The Kier molecular flexibility index (Phi) is 4.74. The minimum atomic E-state index is 0.290. The van der Waals surface area contributed by atoms with Gasteiger partial charge in [0.25, 0.3) is 0 Å². The van der Waals surface area contributed by atoms with Crippen molar-refractivity contribution in [1.82, 2.24) is 9.97 Å². The molecule has 4 heteroatoms. The molecule has 0 saturated heterocycles. The van der Waals surface area contributed by atoms with E-state index in [2.05, 4.69) is 53.4 Å². The Balaban J connectivity index is 2.07. The van der Waals surface area contributed by atoms with Crippen molar-refractivity contribution in [1.29, 1.82) is 0 Å². The van der Waals surface area contributed by atoms with E-state index in [1.807, 2.05) is 6.07 Å². The van der Waals surface area contributed by atoms with Crippen LogP contribution < -0.4 is 5.32 Å². The zero-order chi connectivity index (χ0) is 13.7. The van der Waals surface area contributed by atoms with Gasteiger partial charge in [0, 0.05) is 11.6 Å². The predicted octanol–water partition coefficient (Wildman–Crippen LogP) is 3.74. The van der Waals surface area contributed by atoms with Crippen LogP contribution in [0.4, 0.5) is 5.82 Å². The molecular weight excluding hydrogens is 258 g/mol. The Morgan fingerprint density at radius 1 is 1.21 bits per heavy atom. The Morgan fingerprint density at radius 2 is 1.95 bits per heavy atom. The van der Waals surface area contributed by atoms with Crippen LogP contribution in [0.2, 0.25) is 5.15 Å². The number of hydrogen-bond donors (Lipinski definition) is 1. The molecule has 0 aliphatic heterocycles. The van der Waals surface area contributed by atoms with Crippen molar-refractivity contribution in [3.8, 4) is 0 Å². The summed E-state index contributed by atoms with van der Waals surface area (Å²) in [7, 11) is 0. The predicted molar refractivity (Wildman–Crippen MR) is 79.7 cm³/mol. The molecule has 1 heterocycles. The van der Waals surface area contributed by atoms with Gasteiger partial charge in [0.15, 0.2) is 0 Å². The maximum atomic E-state index is 6.08.